The summed E-state index contributed by atoms with van der Waals surface area (Å²) < 4.78 is 107. The van der Waals surface area contributed by atoms with Gasteiger partial charge in [0.2, 0.25) is 0 Å². The second-order valence-electron chi connectivity index (χ2n) is 15.1. The SMILES string of the molecule is CC(c1cccnc1N)N1c2nc(OC[C@@]34CCCN3C[C@H](F)C4)nc3c(F)c(-c4ccc(F)c5sc(N)c(C#N)c45)c(C(F)(F)F)c(c23)OCC1C1CC1C#N. The minimum atomic E-state index is -5.30. The Morgan fingerprint density at radius 3 is 2.68 bits per heavy atom. The summed E-state index contributed by atoms with van der Waals surface area (Å²) in [7, 11) is 0. The number of nitrogens with two attached hydrogens (primary N) is 2. The Hall–Kier alpha value is -5.59. The summed E-state index contributed by atoms with van der Waals surface area (Å²) in [5, 5.41) is 19.1. The number of halogens is 6. The van der Waals surface area contributed by atoms with Crippen LogP contribution in [-0.4, -0.2) is 63.9 Å². The lowest BCUT2D eigenvalue weighted by atomic mass is 9.91. The number of nitriles is 2. The third kappa shape index (κ3) is 5.74. The Morgan fingerprint density at radius 2 is 1.96 bits per heavy atom. The van der Waals surface area contributed by atoms with Crippen LogP contribution in [0.25, 0.3) is 32.1 Å². The van der Waals surface area contributed by atoms with Crippen molar-refractivity contribution in [2.45, 2.75) is 62.6 Å². The van der Waals surface area contributed by atoms with Gasteiger partial charge in [0.15, 0.2) is 5.82 Å². The molecule has 4 unspecified atom stereocenters. The predicted molar refractivity (Wildman–Crippen MR) is 199 cm³/mol. The van der Waals surface area contributed by atoms with Gasteiger partial charge in [-0.3, -0.25) is 4.90 Å². The van der Waals surface area contributed by atoms with Crippen LogP contribution in [0.3, 0.4) is 0 Å². The van der Waals surface area contributed by atoms with Crippen LogP contribution in [0, 0.1) is 46.1 Å². The number of fused-ring (bicyclic) bond motifs is 2. The first kappa shape index (κ1) is 37.0. The molecule has 9 rings (SSSR count). The zero-order valence-electron chi connectivity index (χ0n) is 30.2. The highest BCUT2D eigenvalue weighted by Crippen LogP contribution is 2.56. The van der Waals surface area contributed by atoms with Gasteiger partial charge in [-0.05, 0) is 56.3 Å². The number of nitrogen functional groups attached to an aromatic ring is 2. The smallest absolute Gasteiger partial charge is 0.420 e. The maximum absolute atomic E-state index is 17.7. The molecular weight excluding hydrogens is 773 g/mol. The topological polar surface area (TPSA) is 163 Å². The van der Waals surface area contributed by atoms with E-state index >= 15 is 22.0 Å². The Balaban J connectivity index is 1.35. The van der Waals surface area contributed by atoms with Crippen LogP contribution in [0.15, 0.2) is 30.5 Å². The number of pyridine rings is 1. The maximum atomic E-state index is 17.7. The van der Waals surface area contributed by atoms with Crippen LogP contribution in [0.1, 0.15) is 55.3 Å². The van der Waals surface area contributed by atoms with Crippen LogP contribution < -0.4 is 25.8 Å². The lowest BCUT2D eigenvalue weighted by molar-refractivity contribution is -0.138. The van der Waals surface area contributed by atoms with Gasteiger partial charge in [0.1, 0.15) is 64.7 Å². The van der Waals surface area contributed by atoms with Gasteiger partial charge < -0.3 is 25.8 Å². The van der Waals surface area contributed by atoms with E-state index in [2.05, 4.69) is 16.0 Å². The monoisotopic (exact) mass is 805 g/mol. The average Bonchev–Trinajstić information content (AvgIpc) is 3.65. The summed E-state index contributed by atoms with van der Waals surface area (Å²) >= 11 is 0.653. The number of nitrogens with zero attached hydrogens (tertiary/aromatic N) is 7. The number of hydrogen-bond donors (Lipinski definition) is 2. The molecule has 4 aliphatic rings. The maximum Gasteiger partial charge on any atom is 0.420 e. The second kappa shape index (κ2) is 13.2. The highest BCUT2D eigenvalue weighted by molar-refractivity contribution is 7.23. The van der Waals surface area contributed by atoms with Crippen molar-refractivity contribution in [3.8, 4) is 35.0 Å². The van der Waals surface area contributed by atoms with Gasteiger partial charge in [0.25, 0.3) is 0 Å². The average molecular weight is 806 g/mol. The van der Waals surface area contributed by atoms with E-state index in [1.807, 2.05) is 11.0 Å². The van der Waals surface area contributed by atoms with Crippen molar-refractivity contribution in [2.24, 2.45) is 11.8 Å². The lowest BCUT2D eigenvalue weighted by Gasteiger charge is -2.37. The molecule has 1 aliphatic carbocycles. The van der Waals surface area contributed by atoms with Crippen LogP contribution in [-0.2, 0) is 6.18 Å². The van der Waals surface area contributed by atoms with E-state index in [-0.39, 0.29) is 57.9 Å². The van der Waals surface area contributed by atoms with Gasteiger partial charge in [-0.1, -0.05) is 12.1 Å². The number of aromatic nitrogens is 3. The van der Waals surface area contributed by atoms with Gasteiger partial charge >= 0.3 is 12.2 Å². The third-order valence-corrected chi connectivity index (χ3v) is 13.0. The molecule has 3 fully saturated rings. The summed E-state index contributed by atoms with van der Waals surface area (Å²) in [6.45, 7) is 2.14. The Kier molecular flexibility index (Phi) is 8.60. The van der Waals surface area contributed by atoms with E-state index in [9.17, 15) is 14.9 Å². The zero-order chi connectivity index (χ0) is 40.1. The van der Waals surface area contributed by atoms with Gasteiger partial charge in [0.05, 0.1) is 45.3 Å². The number of thiophene rings is 1. The van der Waals surface area contributed by atoms with Crippen molar-refractivity contribution in [1.29, 1.82) is 10.5 Å². The number of hydrogen-bond acceptors (Lipinski definition) is 12. The van der Waals surface area contributed by atoms with E-state index in [0.717, 1.165) is 18.6 Å². The molecule has 2 aromatic carbocycles. The lowest BCUT2D eigenvalue weighted by Crippen LogP contribution is -2.44. The molecule has 294 valence electrons. The molecule has 6 atom stereocenters. The molecule has 5 aromatic rings. The molecule has 6 heterocycles. The van der Waals surface area contributed by atoms with E-state index in [1.54, 1.807) is 24.0 Å². The molecule has 11 nitrogen and oxygen atoms in total. The highest BCUT2D eigenvalue weighted by Gasteiger charge is 2.52. The molecule has 0 spiro atoms. The summed E-state index contributed by atoms with van der Waals surface area (Å²) in [6.07, 6.45) is -2.90. The predicted octanol–water partition coefficient (Wildman–Crippen LogP) is 7.68. The standard InChI is InChI=1S/C39H33F6N9O2S/c1-17(20-4-2-8-50-34(20)48)54-25(22-10-18(22)12-46)15-55-32-28-31(51-37(52-36(28)54)56-16-38-7-3-9-53(38)14-19(40)11-38)30(42)27(29(32)39(43,44)45)21-5-6-24(41)33-26(21)23(13-47)35(49)57-33/h2,4-6,8,17-19,22,25H,3,7,9-11,14-16,49H2,1H3,(H2,48,50)/t17?,18?,19-,22?,25?,38+/m1/s1. The molecular formula is C39H33F6N9O2S. The number of benzene rings is 2. The normalized spacial score (nSPS) is 24.8. The second-order valence-corrected chi connectivity index (χ2v) is 16.2. The van der Waals surface area contributed by atoms with Crippen molar-refractivity contribution >= 4 is 49.0 Å². The van der Waals surface area contributed by atoms with Crippen LogP contribution in [0.2, 0.25) is 0 Å². The van der Waals surface area contributed by atoms with Crippen LogP contribution >= 0.6 is 11.3 Å². The van der Waals surface area contributed by atoms with E-state index < -0.39 is 93.4 Å². The van der Waals surface area contributed by atoms with Crippen molar-refractivity contribution in [2.75, 3.05) is 42.7 Å². The quantitative estimate of drug-likeness (QED) is 0.155. The van der Waals surface area contributed by atoms with Gasteiger partial charge in [0, 0.05) is 35.7 Å². The van der Waals surface area contributed by atoms with Crippen molar-refractivity contribution in [1.82, 2.24) is 19.9 Å². The van der Waals surface area contributed by atoms with E-state index in [4.69, 9.17) is 25.9 Å². The first-order valence-corrected chi connectivity index (χ1v) is 19.2. The largest absolute Gasteiger partial charge is 0.490 e. The Bertz CT molecular complexity index is 2570. The van der Waals surface area contributed by atoms with E-state index in [0.29, 0.717) is 36.3 Å². The van der Waals surface area contributed by atoms with Crippen molar-refractivity contribution in [3.63, 3.8) is 0 Å². The highest BCUT2D eigenvalue weighted by atomic mass is 32.1. The molecule has 3 aromatic heterocycles. The Labute approximate surface area is 325 Å². The van der Waals surface area contributed by atoms with Crippen LogP contribution in [0.4, 0.5) is 43.0 Å². The Morgan fingerprint density at radius 1 is 1.16 bits per heavy atom. The van der Waals surface area contributed by atoms with Gasteiger partial charge in [-0.2, -0.15) is 33.7 Å². The zero-order valence-corrected chi connectivity index (χ0v) is 31.0. The number of anilines is 3. The van der Waals surface area contributed by atoms with Crippen molar-refractivity contribution in [3.05, 3.63) is 58.8 Å². The number of ether oxygens (including phenoxy) is 2. The van der Waals surface area contributed by atoms with Gasteiger partial charge in [-0.15, -0.1) is 11.3 Å². The minimum Gasteiger partial charge on any atom is -0.490 e. The molecule has 2 saturated heterocycles. The fourth-order valence-corrected chi connectivity index (χ4v) is 10.2. The summed E-state index contributed by atoms with van der Waals surface area (Å²) in [6, 6.07) is 7.34. The third-order valence-electron chi connectivity index (χ3n) is 12.0. The van der Waals surface area contributed by atoms with Crippen LogP contribution in [0.5, 0.6) is 11.8 Å². The number of alkyl halides is 4. The fraction of sp³-hybridized carbons (Fsp3) is 0.410. The molecule has 1 saturated carbocycles. The summed E-state index contributed by atoms with van der Waals surface area (Å²) in [4.78, 5) is 17.0. The molecule has 0 radical (unpaired) electrons. The number of rotatable bonds is 7. The molecule has 57 heavy (non-hydrogen) atoms. The van der Waals surface area contributed by atoms with Crippen molar-refractivity contribution < 1.29 is 35.8 Å². The minimum absolute atomic E-state index is 0.0806. The molecule has 18 heteroatoms. The molecule has 0 bridgehead atoms. The van der Waals surface area contributed by atoms with E-state index in [1.165, 1.54) is 6.20 Å². The molecule has 0 amide bonds. The summed E-state index contributed by atoms with van der Waals surface area (Å²) in [5.41, 5.74) is 8.25. The molecule has 4 N–H and O–H groups in total. The molecule has 3 aliphatic heterocycles. The fourth-order valence-electron chi connectivity index (χ4n) is 9.27. The summed E-state index contributed by atoms with van der Waals surface area (Å²) in [5.74, 6) is -4.01. The first-order chi connectivity index (χ1) is 27.3. The van der Waals surface area contributed by atoms with Gasteiger partial charge in [-0.25, -0.2) is 18.2 Å². The first-order valence-electron chi connectivity index (χ1n) is 18.3.